The maximum Gasteiger partial charge on any atom is 0.265 e. The van der Waals surface area contributed by atoms with Gasteiger partial charge in [0.25, 0.3) is 5.91 Å². The van der Waals surface area contributed by atoms with Gasteiger partial charge in [0.2, 0.25) is 17.6 Å². The molecule has 3 heterocycles. The fourth-order valence-electron chi connectivity index (χ4n) is 4.01. The Morgan fingerprint density at radius 2 is 1.82 bits per heavy atom. The normalized spacial score (nSPS) is 17.7. The van der Waals surface area contributed by atoms with E-state index in [9.17, 15) is 14.0 Å². The first-order chi connectivity index (χ1) is 16.6. The highest BCUT2D eigenvalue weighted by atomic mass is 19.1. The van der Waals surface area contributed by atoms with Gasteiger partial charge in [0.1, 0.15) is 11.6 Å². The van der Waals surface area contributed by atoms with Gasteiger partial charge in [-0.05, 0) is 36.4 Å². The number of carbonyl (C=O) groups excluding carboxylic acids is 2. The summed E-state index contributed by atoms with van der Waals surface area (Å²) in [6, 6.07) is 12.9. The van der Waals surface area contributed by atoms with Gasteiger partial charge in [0.05, 0.1) is 25.4 Å². The molecule has 34 heavy (non-hydrogen) atoms. The Hall–Kier alpha value is -3.79. The number of rotatable bonds is 5. The number of fused-ring (bicyclic) bond motifs is 1. The Labute approximate surface area is 195 Å². The lowest BCUT2D eigenvalue weighted by Gasteiger charge is -2.37. The average molecular weight is 466 g/mol. The summed E-state index contributed by atoms with van der Waals surface area (Å²) in [4.78, 5) is 33.8. The molecule has 2 aliphatic rings. The Morgan fingerprint density at radius 1 is 1.06 bits per heavy atom. The summed E-state index contributed by atoms with van der Waals surface area (Å²) in [5.41, 5.74) is 1.24. The Kier molecular flexibility index (Phi) is 6.22. The molecule has 2 aromatic carbocycles. The van der Waals surface area contributed by atoms with E-state index in [-0.39, 0.29) is 37.0 Å². The van der Waals surface area contributed by atoms with Gasteiger partial charge in [-0.1, -0.05) is 17.3 Å². The van der Waals surface area contributed by atoms with E-state index in [4.69, 9.17) is 14.0 Å². The van der Waals surface area contributed by atoms with Crippen molar-refractivity contribution in [3.63, 3.8) is 0 Å². The van der Waals surface area contributed by atoms with Crippen LogP contribution in [0.3, 0.4) is 0 Å². The Bertz CT molecular complexity index is 1180. The van der Waals surface area contributed by atoms with E-state index in [1.165, 1.54) is 12.1 Å². The lowest BCUT2D eigenvalue weighted by atomic mass is 10.1. The van der Waals surface area contributed by atoms with Crippen LogP contribution in [0.2, 0.25) is 0 Å². The number of para-hydroxylation sites is 2. The standard InChI is InChI=1S/C24H23FN4O5/c25-17-7-5-16(6-8-17)23-26-21(34-27-23)9-10-22(30)29-15-20(24(31)28-11-13-32-14-12-28)33-19-4-2-1-3-18(19)29/h1-8,20H,9-15H2/t20-/m1/s1. The molecule has 0 radical (unpaired) electrons. The largest absolute Gasteiger partial charge is 0.476 e. The minimum atomic E-state index is -0.787. The number of anilines is 1. The molecule has 1 saturated heterocycles. The number of morpholine rings is 1. The van der Waals surface area contributed by atoms with Crippen LogP contribution in [-0.2, 0) is 20.7 Å². The quantitative estimate of drug-likeness (QED) is 0.570. The number of halogens is 1. The maximum absolute atomic E-state index is 13.2. The number of carbonyl (C=O) groups is 2. The number of benzene rings is 2. The van der Waals surface area contributed by atoms with E-state index in [0.717, 1.165) is 0 Å². The molecule has 2 amide bonds. The zero-order valence-corrected chi connectivity index (χ0v) is 18.4. The fourth-order valence-corrected chi connectivity index (χ4v) is 4.01. The van der Waals surface area contributed by atoms with Crippen molar-refractivity contribution in [3.8, 4) is 17.1 Å². The van der Waals surface area contributed by atoms with Gasteiger partial charge >= 0.3 is 0 Å². The topological polar surface area (TPSA) is 98.0 Å². The summed E-state index contributed by atoms with van der Waals surface area (Å²) >= 11 is 0. The first-order valence-electron chi connectivity index (χ1n) is 11.1. The van der Waals surface area contributed by atoms with Crippen LogP contribution in [0.5, 0.6) is 5.75 Å². The van der Waals surface area contributed by atoms with Gasteiger partial charge in [0, 0.05) is 31.5 Å². The third kappa shape index (κ3) is 4.62. The molecule has 0 aliphatic carbocycles. The second-order valence-electron chi connectivity index (χ2n) is 8.03. The Balaban J connectivity index is 1.27. The molecule has 2 aliphatic heterocycles. The second kappa shape index (κ2) is 9.60. The van der Waals surface area contributed by atoms with Crippen molar-refractivity contribution in [2.75, 3.05) is 37.7 Å². The lowest BCUT2D eigenvalue weighted by Crippen LogP contribution is -2.54. The maximum atomic E-state index is 13.2. The zero-order chi connectivity index (χ0) is 23.5. The molecular formula is C24H23FN4O5. The molecule has 9 nitrogen and oxygen atoms in total. The molecule has 0 bridgehead atoms. The number of nitrogens with zero attached hydrogens (tertiary/aromatic N) is 4. The van der Waals surface area contributed by atoms with Crippen molar-refractivity contribution in [3.05, 3.63) is 60.2 Å². The minimum Gasteiger partial charge on any atom is -0.476 e. The monoisotopic (exact) mass is 466 g/mol. The Morgan fingerprint density at radius 3 is 2.62 bits per heavy atom. The molecule has 3 aromatic rings. The highest BCUT2D eigenvalue weighted by Crippen LogP contribution is 2.34. The van der Waals surface area contributed by atoms with Crippen LogP contribution >= 0.6 is 0 Å². The second-order valence-corrected chi connectivity index (χ2v) is 8.03. The minimum absolute atomic E-state index is 0.109. The number of aryl methyl sites for hydroxylation is 1. The summed E-state index contributed by atoms with van der Waals surface area (Å²) in [5, 5.41) is 3.92. The predicted octanol–water partition coefficient (Wildman–Crippen LogP) is 2.46. The first-order valence-corrected chi connectivity index (χ1v) is 11.1. The van der Waals surface area contributed by atoms with Gasteiger partial charge in [-0.25, -0.2) is 4.39 Å². The van der Waals surface area contributed by atoms with Crippen molar-refractivity contribution in [1.82, 2.24) is 15.0 Å². The third-order valence-corrected chi connectivity index (χ3v) is 5.80. The first kappa shape index (κ1) is 22.0. The number of ether oxygens (including phenoxy) is 2. The van der Waals surface area contributed by atoms with Crippen molar-refractivity contribution >= 4 is 17.5 Å². The molecule has 1 fully saturated rings. The van der Waals surface area contributed by atoms with E-state index in [2.05, 4.69) is 10.1 Å². The van der Waals surface area contributed by atoms with Gasteiger partial charge in [-0.3, -0.25) is 9.59 Å². The lowest BCUT2D eigenvalue weighted by molar-refractivity contribution is -0.142. The number of amides is 2. The number of hydrogen-bond donors (Lipinski definition) is 0. The highest BCUT2D eigenvalue weighted by Gasteiger charge is 2.36. The zero-order valence-electron chi connectivity index (χ0n) is 18.4. The molecule has 1 atom stereocenters. The van der Waals surface area contributed by atoms with Crippen LogP contribution in [0.15, 0.2) is 53.1 Å². The molecule has 1 aromatic heterocycles. The van der Waals surface area contributed by atoms with Crippen molar-refractivity contribution < 1.29 is 28.0 Å². The average Bonchev–Trinajstić information content (AvgIpc) is 3.36. The van der Waals surface area contributed by atoms with Gasteiger partial charge in [-0.15, -0.1) is 0 Å². The van der Waals surface area contributed by atoms with E-state index in [0.29, 0.717) is 55.0 Å². The molecule has 0 saturated carbocycles. The van der Waals surface area contributed by atoms with Crippen molar-refractivity contribution in [1.29, 1.82) is 0 Å². The van der Waals surface area contributed by atoms with Crippen LogP contribution in [-0.4, -0.2) is 65.8 Å². The van der Waals surface area contributed by atoms with Gasteiger partial charge in [-0.2, -0.15) is 4.98 Å². The molecule has 0 spiro atoms. The van der Waals surface area contributed by atoms with Crippen molar-refractivity contribution in [2.24, 2.45) is 0 Å². The van der Waals surface area contributed by atoms with Crippen LogP contribution in [0.1, 0.15) is 12.3 Å². The molecule has 0 unspecified atom stereocenters. The van der Waals surface area contributed by atoms with Crippen LogP contribution in [0.4, 0.5) is 10.1 Å². The SMILES string of the molecule is O=C([C@H]1CN(C(=O)CCc2nc(-c3ccc(F)cc3)no2)c2ccccc2O1)N1CCOCC1. The van der Waals surface area contributed by atoms with E-state index in [1.807, 2.05) is 6.07 Å². The van der Waals surface area contributed by atoms with Crippen molar-refractivity contribution in [2.45, 2.75) is 18.9 Å². The molecule has 176 valence electrons. The summed E-state index contributed by atoms with van der Waals surface area (Å²) in [7, 11) is 0. The van der Waals surface area contributed by atoms with Gasteiger partial charge in [0.15, 0.2) is 6.10 Å². The fraction of sp³-hybridized carbons (Fsp3) is 0.333. The molecular weight excluding hydrogens is 443 g/mol. The molecule has 0 N–H and O–H groups in total. The van der Waals surface area contributed by atoms with Crippen LogP contribution in [0.25, 0.3) is 11.4 Å². The van der Waals surface area contributed by atoms with Crippen LogP contribution < -0.4 is 9.64 Å². The highest BCUT2D eigenvalue weighted by molar-refractivity contribution is 5.97. The third-order valence-electron chi connectivity index (χ3n) is 5.80. The van der Waals surface area contributed by atoms with E-state index < -0.39 is 6.10 Å². The van der Waals surface area contributed by atoms with E-state index in [1.54, 1.807) is 40.1 Å². The van der Waals surface area contributed by atoms with Crippen LogP contribution in [0, 0.1) is 5.82 Å². The molecule has 10 heteroatoms. The molecule has 5 rings (SSSR count). The summed E-state index contributed by atoms with van der Waals surface area (Å²) in [6.07, 6.45) is -0.447. The smallest absolute Gasteiger partial charge is 0.265 e. The summed E-state index contributed by atoms with van der Waals surface area (Å²) in [5.74, 6) is 0.429. The number of hydrogen-bond acceptors (Lipinski definition) is 7. The summed E-state index contributed by atoms with van der Waals surface area (Å²) < 4.78 is 29.7. The van der Waals surface area contributed by atoms with E-state index >= 15 is 0 Å². The summed E-state index contributed by atoms with van der Waals surface area (Å²) in [6.45, 7) is 2.10. The van der Waals surface area contributed by atoms with Gasteiger partial charge < -0.3 is 23.8 Å². The predicted molar refractivity (Wildman–Crippen MR) is 119 cm³/mol. The number of aromatic nitrogens is 2.